The first-order valence-corrected chi connectivity index (χ1v) is 6.59. The van der Waals surface area contributed by atoms with Crippen molar-refractivity contribution in [1.29, 1.82) is 0 Å². The van der Waals surface area contributed by atoms with Crippen molar-refractivity contribution in [3.8, 4) is 0 Å². The molecule has 2 unspecified atom stereocenters. The van der Waals surface area contributed by atoms with E-state index in [1.807, 2.05) is 6.07 Å². The molecule has 5 nitrogen and oxygen atoms in total. The molecule has 1 aromatic heterocycles. The molecule has 1 saturated heterocycles. The number of nitrogens with one attached hydrogen (secondary N) is 1. The van der Waals surface area contributed by atoms with Crippen molar-refractivity contribution in [2.45, 2.75) is 38.5 Å². The Morgan fingerprint density at radius 1 is 1.63 bits per heavy atom. The van der Waals surface area contributed by atoms with Gasteiger partial charge in [0.15, 0.2) is 0 Å². The lowest BCUT2D eigenvalue weighted by atomic mass is 10.1. The zero-order valence-electron chi connectivity index (χ0n) is 11.4. The molecule has 19 heavy (non-hydrogen) atoms. The van der Waals surface area contributed by atoms with Crippen LogP contribution in [0, 0.1) is 0 Å². The minimum atomic E-state index is -0.361. The van der Waals surface area contributed by atoms with Gasteiger partial charge in [0.05, 0.1) is 24.5 Å². The van der Waals surface area contributed by atoms with Gasteiger partial charge in [-0.2, -0.15) is 0 Å². The Labute approximate surface area is 113 Å². The maximum absolute atomic E-state index is 11.3. The SMILES string of the molecule is COC(=O)c1ccc(CNC(C)C2CCCO2)nc1. The highest BCUT2D eigenvalue weighted by Crippen LogP contribution is 2.15. The number of hydrogen-bond acceptors (Lipinski definition) is 5. The van der Waals surface area contributed by atoms with Crippen LogP contribution >= 0.6 is 0 Å². The van der Waals surface area contributed by atoms with Gasteiger partial charge in [-0.25, -0.2) is 4.79 Å². The molecule has 0 saturated carbocycles. The van der Waals surface area contributed by atoms with Gasteiger partial charge in [0.25, 0.3) is 0 Å². The van der Waals surface area contributed by atoms with Crippen LogP contribution in [0.5, 0.6) is 0 Å². The van der Waals surface area contributed by atoms with Gasteiger partial charge in [-0.05, 0) is 31.9 Å². The summed E-state index contributed by atoms with van der Waals surface area (Å²) in [5.41, 5.74) is 1.37. The summed E-state index contributed by atoms with van der Waals surface area (Å²) in [7, 11) is 1.36. The van der Waals surface area contributed by atoms with Crippen molar-refractivity contribution in [1.82, 2.24) is 10.3 Å². The predicted molar refractivity (Wildman–Crippen MR) is 70.9 cm³/mol. The summed E-state index contributed by atoms with van der Waals surface area (Å²) in [5.74, 6) is -0.361. The lowest BCUT2D eigenvalue weighted by Gasteiger charge is -2.19. The highest BCUT2D eigenvalue weighted by atomic mass is 16.5. The number of pyridine rings is 1. The van der Waals surface area contributed by atoms with Gasteiger partial charge in [0, 0.05) is 25.4 Å². The van der Waals surface area contributed by atoms with Crippen LogP contribution < -0.4 is 5.32 Å². The van der Waals surface area contributed by atoms with Gasteiger partial charge in [-0.1, -0.05) is 0 Å². The molecule has 2 heterocycles. The third-order valence-corrected chi connectivity index (χ3v) is 3.37. The summed E-state index contributed by atoms with van der Waals surface area (Å²) in [6.07, 6.45) is 4.10. The third-order valence-electron chi connectivity index (χ3n) is 3.37. The smallest absolute Gasteiger partial charge is 0.339 e. The van der Waals surface area contributed by atoms with Gasteiger partial charge >= 0.3 is 5.97 Å². The molecular formula is C14H20N2O3. The van der Waals surface area contributed by atoms with Crippen molar-refractivity contribution in [3.05, 3.63) is 29.6 Å². The van der Waals surface area contributed by atoms with Gasteiger partial charge < -0.3 is 14.8 Å². The Balaban J connectivity index is 1.84. The average Bonchev–Trinajstić information content (AvgIpc) is 2.98. The molecule has 1 aromatic rings. The zero-order chi connectivity index (χ0) is 13.7. The van der Waals surface area contributed by atoms with Crippen molar-refractivity contribution in [2.24, 2.45) is 0 Å². The molecule has 0 radical (unpaired) electrons. The Morgan fingerprint density at radius 3 is 3.05 bits per heavy atom. The molecule has 1 N–H and O–H groups in total. The van der Waals surface area contributed by atoms with Gasteiger partial charge in [0.1, 0.15) is 0 Å². The molecule has 1 aliphatic heterocycles. The van der Waals surface area contributed by atoms with Crippen LogP contribution in [0.25, 0.3) is 0 Å². The van der Waals surface area contributed by atoms with E-state index in [2.05, 4.69) is 22.0 Å². The third kappa shape index (κ3) is 3.75. The molecular weight excluding hydrogens is 244 g/mol. The van der Waals surface area contributed by atoms with Crippen LogP contribution in [-0.2, 0) is 16.0 Å². The van der Waals surface area contributed by atoms with E-state index in [0.717, 1.165) is 25.1 Å². The predicted octanol–water partition coefficient (Wildman–Crippen LogP) is 1.53. The summed E-state index contributed by atoms with van der Waals surface area (Å²) in [4.78, 5) is 15.5. The molecule has 5 heteroatoms. The van der Waals surface area contributed by atoms with E-state index >= 15 is 0 Å². The van der Waals surface area contributed by atoms with Crippen LogP contribution in [-0.4, -0.2) is 36.8 Å². The largest absolute Gasteiger partial charge is 0.465 e. The van der Waals surface area contributed by atoms with E-state index in [-0.39, 0.29) is 5.97 Å². The number of carbonyl (C=O) groups excluding carboxylic acids is 1. The molecule has 0 amide bonds. The van der Waals surface area contributed by atoms with E-state index in [1.54, 1.807) is 12.3 Å². The van der Waals surface area contributed by atoms with Gasteiger partial charge in [-0.15, -0.1) is 0 Å². The van der Waals surface area contributed by atoms with Crippen molar-refractivity contribution in [2.75, 3.05) is 13.7 Å². The summed E-state index contributed by atoms with van der Waals surface area (Å²) >= 11 is 0. The molecule has 0 aromatic carbocycles. The summed E-state index contributed by atoms with van der Waals surface area (Å²) < 4.78 is 10.3. The maximum Gasteiger partial charge on any atom is 0.339 e. The maximum atomic E-state index is 11.3. The number of carbonyl (C=O) groups is 1. The fourth-order valence-electron chi connectivity index (χ4n) is 2.16. The number of hydrogen-bond donors (Lipinski definition) is 1. The van der Waals surface area contributed by atoms with E-state index in [9.17, 15) is 4.79 Å². The Bertz CT molecular complexity index is 413. The lowest BCUT2D eigenvalue weighted by molar-refractivity contribution is 0.0600. The number of aromatic nitrogens is 1. The summed E-state index contributed by atoms with van der Waals surface area (Å²) in [6.45, 7) is 3.66. The molecule has 0 bridgehead atoms. The van der Waals surface area contributed by atoms with Crippen LogP contribution in [0.3, 0.4) is 0 Å². The van der Waals surface area contributed by atoms with Crippen molar-refractivity contribution < 1.29 is 14.3 Å². The number of ether oxygens (including phenoxy) is 2. The molecule has 1 aliphatic rings. The first kappa shape index (κ1) is 14.0. The van der Waals surface area contributed by atoms with E-state index in [4.69, 9.17) is 4.74 Å². The molecule has 104 valence electrons. The normalized spacial score (nSPS) is 20.2. The van der Waals surface area contributed by atoms with Gasteiger partial charge in [0.2, 0.25) is 0 Å². The van der Waals surface area contributed by atoms with Crippen molar-refractivity contribution in [3.63, 3.8) is 0 Å². The number of rotatable bonds is 5. The number of methoxy groups -OCH3 is 1. The summed E-state index contributed by atoms with van der Waals surface area (Å²) in [6, 6.07) is 3.87. The molecule has 1 fully saturated rings. The van der Waals surface area contributed by atoms with E-state index < -0.39 is 0 Å². The van der Waals surface area contributed by atoms with Crippen LogP contribution in [0.15, 0.2) is 18.3 Å². The number of esters is 1. The lowest BCUT2D eigenvalue weighted by Crippen LogP contribution is -2.36. The van der Waals surface area contributed by atoms with Gasteiger partial charge in [-0.3, -0.25) is 4.98 Å². The monoisotopic (exact) mass is 264 g/mol. The van der Waals surface area contributed by atoms with E-state index in [1.165, 1.54) is 7.11 Å². The summed E-state index contributed by atoms with van der Waals surface area (Å²) in [5, 5.41) is 3.40. The first-order chi connectivity index (χ1) is 9.20. The molecule has 2 atom stereocenters. The van der Waals surface area contributed by atoms with Crippen LogP contribution in [0.1, 0.15) is 35.8 Å². The van der Waals surface area contributed by atoms with Crippen LogP contribution in [0.4, 0.5) is 0 Å². The standard InChI is InChI=1S/C14H20N2O3/c1-10(13-4-3-7-19-13)15-9-12-6-5-11(8-16-12)14(17)18-2/h5-6,8,10,13,15H,3-4,7,9H2,1-2H3. The second kappa shape index (κ2) is 6.63. The zero-order valence-corrected chi connectivity index (χ0v) is 11.4. The quantitative estimate of drug-likeness (QED) is 0.817. The fraction of sp³-hybridized carbons (Fsp3) is 0.571. The average molecular weight is 264 g/mol. The second-order valence-corrected chi connectivity index (χ2v) is 4.75. The van der Waals surface area contributed by atoms with Crippen molar-refractivity contribution >= 4 is 5.97 Å². The second-order valence-electron chi connectivity index (χ2n) is 4.75. The molecule has 0 aliphatic carbocycles. The highest BCUT2D eigenvalue weighted by molar-refractivity contribution is 5.88. The van der Waals surface area contributed by atoms with E-state index in [0.29, 0.717) is 24.3 Å². The highest BCUT2D eigenvalue weighted by Gasteiger charge is 2.21. The Hall–Kier alpha value is -1.46. The number of nitrogens with zero attached hydrogens (tertiary/aromatic N) is 1. The minimum Gasteiger partial charge on any atom is -0.465 e. The fourth-order valence-corrected chi connectivity index (χ4v) is 2.16. The molecule has 2 rings (SSSR count). The minimum absolute atomic E-state index is 0.300. The molecule has 0 spiro atoms. The Morgan fingerprint density at radius 2 is 2.47 bits per heavy atom. The van der Waals surface area contributed by atoms with Crippen LogP contribution in [0.2, 0.25) is 0 Å². The first-order valence-electron chi connectivity index (χ1n) is 6.59. The Kier molecular flexibility index (Phi) is 4.87. The topological polar surface area (TPSA) is 60.5 Å².